The van der Waals surface area contributed by atoms with Gasteiger partial charge < -0.3 is 5.32 Å². The first-order valence-electron chi connectivity index (χ1n) is 5.71. The van der Waals surface area contributed by atoms with Gasteiger partial charge in [-0.3, -0.25) is 4.79 Å². The summed E-state index contributed by atoms with van der Waals surface area (Å²) in [6.07, 6.45) is 0. The molecule has 2 nitrogen and oxygen atoms in total. The molecular weight excluding hydrogens is 290 g/mol. The second-order valence-corrected chi connectivity index (χ2v) is 5.12. The van der Waals surface area contributed by atoms with E-state index in [-0.39, 0.29) is 5.91 Å². The van der Waals surface area contributed by atoms with E-state index < -0.39 is 0 Å². The minimum Gasteiger partial charge on any atom is -0.322 e. The van der Waals surface area contributed by atoms with Crippen molar-refractivity contribution in [3.8, 4) is 0 Å². The molecule has 0 saturated heterocycles. The summed E-state index contributed by atoms with van der Waals surface area (Å²) in [5.41, 5.74) is 3.79. The second-order valence-electron chi connectivity index (χ2n) is 4.21. The number of benzene rings is 2. The van der Waals surface area contributed by atoms with Crippen LogP contribution in [0.4, 0.5) is 5.69 Å². The van der Waals surface area contributed by atoms with E-state index in [1.54, 1.807) is 12.1 Å². The Balaban J connectivity index is 2.21. The summed E-state index contributed by atoms with van der Waals surface area (Å²) < 4.78 is 0.964. The molecule has 0 aliphatic rings. The van der Waals surface area contributed by atoms with Crippen molar-refractivity contribution >= 4 is 27.5 Å². The summed E-state index contributed by atoms with van der Waals surface area (Å²) in [7, 11) is 0. The van der Waals surface area contributed by atoms with Crippen LogP contribution >= 0.6 is 15.9 Å². The van der Waals surface area contributed by atoms with Crippen molar-refractivity contribution in [1.82, 2.24) is 0 Å². The molecule has 0 saturated carbocycles. The van der Waals surface area contributed by atoms with Gasteiger partial charge in [-0.1, -0.05) is 28.1 Å². The molecule has 0 aliphatic carbocycles. The fraction of sp³-hybridized carbons (Fsp3) is 0.133. The zero-order chi connectivity index (χ0) is 13.1. The molecule has 2 rings (SSSR count). The fourth-order valence-electron chi connectivity index (χ4n) is 1.68. The molecule has 3 heteroatoms. The van der Waals surface area contributed by atoms with Gasteiger partial charge in [-0.2, -0.15) is 0 Å². The van der Waals surface area contributed by atoms with Crippen molar-refractivity contribution in [3.05, 3.63) is 63.6 Å². The van der Waals surface area contributed by atoms with E-state index in [1.807, 2.05) is 44.2 Å². The van der Waals surface area contributed by atoms with E-state index in [1.165, 1.54) is 5.56 Å². The van der Waals surface area contributed by atoms with Gasteiger partial charge >= 0.3 is 0 Å². The summed E-state index contributed by atoms with van der Waals surface area (Å²) in [5.74, 6) is -0.0869. The standard InChI is InChI=1S/C15H14BrNO/c1-10-4-3-5-14(11(10)2)17-15(18)12-6-8-13(16)9-7-12/h3-9H,1-2H3,(H,17,18). The van der Waals surface area contributed by atoms with Crippen LogP contribution in [0.3, 0.4) is 0 Å². The van der Waals surface area contributed by atoms with Gasteiger partial charge in [-0.05, 0) is 55.3 Å². The Morgan fingerprint density at radius 1 is 1.06 bits per heavy atom. The number of hydrogen-bond donors (Lipinski definition) is 1. The molecule has 0 aliphatic heterocycles. The van der Waals surface area contributed by atoms with E-state index in [4.69, 9.17) is 0 Å². The third-order valence-electron chi connectivity index (χ3n) is 2.96. The van der Waals surface area contributed by atoms with Crippen LogP contribution in [0.15, 0.2) is 46.9 Å². The topological polar surface area (TPSA) is 29.1 Å². The van der Waals surface area contributed by atoms with E-state index in [0.717, 1.165) is 15.7 Å². The molecule has 0 spiro atoms. The van der Waals surface area contributed by atoms with Crippen molar-refractivity contribution < 1.29 is 4.79 Å². The van der Waals surface area contributed by atoms with Gasteiger partial charge in [0.05, 0.1) is 0 Å². The van der Waals surface area contributed by atoms with Crippen LogP contribution in [0.5, 0.6) is 0 Å². The number of anilines is 1. The summed E-state index contributed by atoms with van der Waals surface area (Å²) in [6, 6.07) is 13.2. The van der Waals surface area contributed by atoms with Crippen LogP contribution in [0, 0.1) is 13.8 Å². The molecule has 0 radical (unpaired) electrons. The summed E-state index contributed by atoms with van der Waals surface area (Å²) in [4.78, 5) is 12.1. The van der Waals surface area contributed by atoms with Crippen LogP contribution in [-0.4, -0.2) is 5.91 Å². The Labute approximate surface area is 115 Å². The lowest BCUT2D eigenvalue weighted by atomic mass is 10.1. The average Bonchev–Trinajstić information content (AvgIpc) is 2.36. The summed E-state index contributed by atoms with van der Waals surface area (Å²) in [5, 5.41) is 2.93. The number of carbonyl (C=O) groups excluding carboxylic acids is 1. The number of hydrogen-bond acceptors (Lipinski definition) is 1. The SMILES string of the molecule is Cc1cccc(NC(=O)c2ccc(Br)cc2)c1C. The fourth-order valence-corrected chi connectivity index (χ4v) is 1.95. The Hall–Kier alpha value is -1.61. The number of carbonyl (C=O) groups is 1. The van der Waals surface area contributed by atoms with Crippen molar-refractivity contribution in [3.63, 3.8) is 0 Å². The molecule has 18 heavy (non-hydrogen) atoms. The first-order valence-corrected chi connectivity index (χ1v) is 6.50. The number of aryl methyl sites for hydroxylation is 1. The molecule has 2 aromatic rings. The quantitative estimate of drug-likeness (QED) is 0.879. The third kappa shape index (κ3) is 2.79. The van der Waals surface area contributed by atoms with E-state index >= 15 is 0 Å². The molecule has 1 N–H and O–H groups in total. The molecule has 92 valence electrons. The maximum Gasteiger partial charge on any atom is 0.255 e. The predicted octanol–water partition coefficient (Wildman–Crippen LogP) is 4.32. The maximum atomic E-state index is 12.1. The highest BCUT2D eigenvalue weighted by molar-refractivity contribution is 9.10. The van der Waals surface area contributed by atoms with Crippen LogP contribution in [0.25, 0.3) is 0 Å². The summed E-state index contributed by atoms with van der Waals surface area (Å²) >= 11 is 3.35. The molecule has 0 atom stereocenters. The summed E-state index contributed by atoms with van der Waals surface area (Å²) in [6.45, 7) is 4.04. The molecule has 0 heterocycles. The van der Waals surface area contributed by atoms with Crippen LogP contribution in [-0.2, 0) is 0 Å². The van der Waals surface area contributed by atoms with E-state index in [9.17, 15) is 4.79 Å². The lowest BCUT2D eigenvalue weighted by molar-refractivity contribution is 0.102. The highest BCUT2D eigenvalue weighted by Crippen LogP contribution is 2.19. The van der Waals surface area contributed by atoms with Gasteiger partial charge in [-0.15, -0.1) is 0 Å². The molecule has 0 aromatic heterocycles. The molecule has 1 amide bonds. The second kappa shape index (κ2) is 5.36. The molecule has 0 bridgehead atoms. The Morgan fingerprint density at radius 3 is 2.39 bits per heavy atom. The molecule has 0 fully saturated rings. The molecule has 2 aromatic carbocycles. The lowest BCUT2D eigenvalue weighted by Gasteiger charge is -2.10. The van der Waals surface area contributed by atoms with Gasteiger partial charge in [0.2, 0.25) is 0 Å². The van der Waals surface area contributed by atoms with Crippen molar-refractivity contribution in [2.75, 3.05) is 5.32 Å². The van der Waals surface area contributed by atoms with Crippen molar-refractivity contribution in [1.29, 1.82) is 0 Å². The van der Waals surface area contributed by atoms with Gasteiger partial charge in [0.1, 0.15) is 0 Å². The smallest absolute Gasteiger partial charge is 0.255 e. The Kier molecular flexibility index (Phi) is 3.82. The number of rotatable bonds is 2. The van der Waals surface area contributed by atoms with Gasteiger partial charge in [0.25, 0.3) is 5.91 Å². The van der Waals surface area contributed by atoms with Gasteiger partial charge in [-0.25, -0.2) is 0 Å². The molecular formula is C15H14BrNO. The first kappa shape index (κ1) is 12.8. The molecule has 0 unspecified atom stereocenters. The average molecular weight is 304 g/mol. The van der Waals surface area contributed by atoms with Gasteiger partial charge in [0.15, 0.2) is 0 Å². The zero-order valence-corrected chi connectivity index (χ0v) is 11.9. The van der Waals surface area contributed by atoms with Crippen LogP contribution in [0.2, 0.25) is 0 Å². The normalized spacial score (nSPS) is 10.2. The largest absolute Gasteiger partial charge is 0.322 e. The highest BCUT2D eigenvalue weighted by Gasteiger charge is 2.08. The first-order chi connectivity index (χ1) is 8.58. The van der Waals surface area contributed by atoms with Crippen molar-refractivity contribution in [2.24, 2.45) is 0 Å². The van der Waals surface area contributed by atoms with Crippen LogP contribution in [0.1, 0.15) is 21.5 Å². The lowest BCUT2D eigenvalue weighted by Crippen LogP contribution is -2.12. The monoisotopic (exact) mass is 303 g/mol. The van der Waals surface area contributed by atoms with Crippen molar-refractivity contribution in [2.45, 2.75) is 13.8 Å². The Bertz CT molecular complexity index is 576. The van der Waals surface area contributed by atoms with Gasteiger partial charge in [0, 0.05) is 15.7 Å². The minimum absolute atomic E-state index is 0.0869. The van der Waals surface area contributed by atoms with E-state index in [0.29, 0.717) is 5.56 Å². The Morgan fingerprint density at radius 2 is 1.72 bits per heavy atom. The maximum absolute atomic E-state index is 12.1. The third-order valence-corrected chi connectivity index (χ3v) is 3.49. The number of nitrogens with one attached hydrogen (secondary N) is 1. The number of halogens is 1. The van der Waals surface area contributed by atoms with E-state index in [2.05, 4.69) is 21.2 Å². The highest BCUT2D eigenvalue weighted by atomic mass is 79.9. The number of amides is 1. The van der Waals surface area contributed by atoms with Crippen LogP contribution < -0.4 is 5.32 Å². The predicted molar refractivity (Wildman–Crippen MR) is 78.0 cm³/mol. The zero-order valence-electron chi connectivity index (χ0n) is 10.3. The minimum atomic E-state index is -0.0869.